The first kappa shape index (κ1) is 19.8. The lowest BCUT2D eigenvalue weighted by molar-refractivity contribution is 0.173. The second-order valence-corrected chi connectivity index (χ2v) is 7.26. The minimum absolute atomic E-state index is 0. The van der Waals surface area contributed by atoms with Crippen molar-refractivity contribution in [2.24, 2.45) is 0 Å². The summed E-state index contributed by atoms with van der Waals surface area (Å²) in [6.45, 7) is 4.46. The first-order chi connectivity index (χ1) is 10.8. The monoisotopic (exact) mass is 452 g/mol. The van der Waals surface area contributed by atoms with Gasteiger partial charge in [-0.1, -0.05) is 22.0 Å². The molecular weight excluding hydrogens is 435 g/mol. The van der Waals surface area contributed by atoms with Crippen molar-refractivity contribution in [2.75, 3.05) is 33.0 Å². The molecule has 1 saturated heterocycles. The Bertz CT molecular complexity index is 666. The molecule has 24 heavy (non-hydrogen) atoms. The number of ether oxygens (including phenoxy) is 2. The van der Waals surface area contributed by atoms with Gasteiger partial charge in [-0.2, -0.15) is 0 Å². The van der Waals surface area contributed by atoms with E-state index in [2.05, 4.69) is 49.7 Å². The van der Waals surface area contributed by atoms with E-state index in [4.69, 9.17) is 9.47 Å². The molecule has 0 aliphatic carbocycles. The van der Waals surface area contributed by atoms with Crippen LogP contribution in [0.25, 0.3) is 0 Å². The molecule has 0 unspecified atom stereocenters. The fourth-order valence-electron chi connectivity index (χ4n) is 3.06. The van der Waals surface area contributed by atoms with Gasteiger partial charge < -0.3 is 14.8 Å². The van der Waals surface area contributed by atoms with Crippen LogP contribution < -0.4 is 14.8 Å². The van der Waals surface area contributed by atoms with Crippen molar-refractivity contribution in [1.29, 1.82) is 0 Å². The van der Waals surface area contributed by atoms with Crippen molar-refractivity contribution in [2.45, 2.75) is 6.04 Å². The smallest absolute Gasteiger partial charge is 0.231 e. The zero-order chi connectivity index (χ0) is 14.9. The molecule has 1 atom stereocenters. The van der Waals surface area contributed by atoms with Gasteiger partial charge in [0.05, 0.1) is 6.04 Å². The topological polar surface area (TPSA) is 33.7 Å². The van der Waals surface area contributed by atoms with Crippen LogP contribution in [0.5, 0.6) is 11.5 Å². The summed E-state index contributed by atoms with van der Waals surface area (Å²) in [6.07, 6.45) is 0. The molecular formula is C16H19BrCl2N2O2S. The molecule has 0 bridgehead atoms. The maximum atomic E-state index is 5.58. The molecule has 1 N–H and O–H groups in total. The number of nitrogens with zero attached hydrogens (tertiary/aromatic N) is 1. The molecule has 2 aliphatic rings. The lowest BCUT2D eigenvalue weighted by Crippen LogP contribution is -2.45. The highest BCUT2D eigenvalue weighted by atomic mass is 79.9. The minimum atomic E-state index is 0. The van der Waals surface area contributed by atoms with Crippen LogP contribution in [0, 0.1) is 0 Å². The van der Waals surface area contributed by atoms with E-state index in [-0.39, 0.29) is 30.9 Å². The fourth-order valence-corrected chi connectivity index (χ4v) is 4.48. The largest absolute Gasteiger partial charge is 0.454 e. The molecule has 8 heteroatoms. The molecule has 1 fully saturated rings. The number of piperazine rings is 1. The van der Waals surface area contributed by atoms with E-state index in [1.165, 1.54) is 10.4 Å². The highest BCUT2D eigenvalue weighted by molar-refractivity contribution is 9.10. The Morgan fingerprint density at radius 2 is 1.83 bits per heavy atom. The molecule has 4 nitrogen and oxygen atoms in total. The summed E-state index contributed by atoms with van der Waals surface area (Å²) < 4.78 is 12.1. The summed E-state index contributed by atoms with van der Waals surface area (Å²) in [5.74, 6) is 1.66. The van der Waals surface area contributed by atoms with Crippen LogP contribution in [0.3, 0.4) is 0 Å². The van der Waals surface area contributed by atoms with Crippen molar-refractivity contribution in [1.82, 2.24) is 10.2 Å². The van der Waals surface area contributed by atoms with Crippen molar-refractivity contribution in [3.05, 3.63) is 44.6 Å². The summed E-state index contributed by atoms with van der Waals surface area (Å²) in [5, 5.41) is 5.57. The fraction of sp³-hybridized carbons (Fsp3) is 0.375. The number of nitrogens with one attached hydrogen (secondary N) is 1. The van der Waals surface area contributed by atoms with Crippen LogP contribution in [-0.4, -0.2) is 37.9 Å². The molecule has 4 rings (SSSR count). The van der Waals surface area contributed by atoms with Gasteiger partial charge in [0.25, 0.3) is 0 Å². The normalized spacial score (nSPS) is 17.7. The molecule has 1 aromatic carbocycles. The van der Waals surface area contributed by atoms with E-state index in [1.54, 1.807) is 11.3 Å². The van der Waals surface area contributed by atoms with E-state index in [0.29, 0.717) is 6.79 Å². The zero-order valence-electron chi connectivity index (χ0n) is 12.9. The number of rotatable bonds is 3. The molecule has 0 saturated carbocycles. The molecule has 0 amide bonds. The Hall–Kier alpha value is -0.500. The van der Waals surface area contributed by atoms with Crippen molar-refractivity contribution >= 4 is 52.1 Å². The predicted octanol–water partition coefficient (Wildman–Crippen LogP) is 4.08. The van der Waals surface area contributed by atoms with Crippen LogP contribution >= 0.6 is 52.1 Å². The lowest BCUT2D eigenvalue weighted by atomic mass is 10.0. The molecule has 132 valence electrons. The quantitative estimate of drug-likeness (QED) is 0.759. The molecule has 2 aliphatic heterocycles. The maximum absolute atomic E-state index is 5.58. The zero-order valence-corrected chi connectivity index (χ0v) is 16.9. The molecule has 3 heterocycles. The second kappa shape index (κ2) is 8.74. The molecule has 1 aromatic heterocycles. The Morgan fingerprint density at radius 1 is 1.12 bits per heavy atom. The summed E-state index contributed by atoms with van der Waals surface area (Å²) in [7, 11) is 0. The van der Waals surface area contributed by atoms with E-state index in [9.17, 15) is 0 Å². The van der Waals surface area contributed by atoms with Crippen LogP contribution in [0.4, 0.5) is 0 Å². The highest BCUT2D eigenvalue weighted by Crippen LogP contribution is 2.43. The van der Waals surface area contributed by atoms with Gasteiger partial charge in [0.1, 0.15) is 0 Å². The first-order valence-electron chi connectivity index (χ1n) is 7.40. The van der Waals surface area contributed by atoms with Crippen LogP contribution in [0.1, 0.15) is 16.5 Å². The van der Waals surface area contributed by atoms with Crippen LogP contribution in [0.15, 0.2) is 34.1 Å². The highest BCUT2D eigenvalue weighted by Gasteiger charge is 2.28. The maximum Gasteiger partial charge on any atom is 0.231 e. The molecule has 0 radical (unpaired) electrons. The number of hydrogen-bond acceptors (Lipinski definition) is 5. The number of thiophene rings is 1. The number of halogens is 3. The van der Waals surface area contributed by atoms with E-state index < -0.39 is 0 Å². The summed E-state index contributed by atoms with van der Waals surface area (Å²) >= 11 is 5.54. The lowest BCUT2D eigenvalue weighted by Gasteiger charge is -2.35. The van der Waals surface area contributed by atoms with Crippen molar-refractivity contribution in [3.63, 3.8) is 0 Å². The predicted molar refractivity (Wildman–Crippen MR) is 105 cm³/mol. The van der Waals surface area contributed by atoms with Gasteiger partial charge in [-0.15, -0.1) is 36.2 Å². The van der Waals surface area contributed by atoms with E-state index in [1.807, 2.05) is 6.07 Å². The van der Waals surface area contributed by atoms with Gasteiger partial charge >= 0.3 is 0 Å². The SMILES string of the molecule is Brc1cc2c(cc1[C@H](c1cccs1)N1CCNCC1)OCO2.Cl.Cl. The van der Waals surface area contributed by atoms with Gasteiger partial charge in [-0.3, -0.25) is 4.90 Å². The average molecular weight is 454 g/mol. The van der Waals surface area contributed by atoms with Gasteiger partial charge in [-0.05, 0) is 29.1 Å². The number of fused-ring (bicyclic) bond motifs is 1. The van der Waals surface area contributed by atoms with E-state index >= 15 is 0 Å². The number of hydrogen-bond donors (Lipinski definition) is 1. The average Bonchev–Trinajstić information content (AvgIpc) is 3.20. The number of benzene rings is 1. The Kier molecular flexibility index (Phi) is 7.22. The first-order valence-corrected chi connectivity index (χ1v) is 9.07. The van der Waals surface area contributed by atoms with Crippen molar-refractivity contribution < 1.29 is 9.47 Å². The minimum Gasteiger partial charge on any atom is -0.454 e. The summed E-state index contributed by atoms with van der Waals surface area (Å²) in [6, 6.07) is 8.75. The van der Waals surface area contributed by atoms with Gasteiger partial charge in [0.15, 0.2) is 11.5 Å². The standard InChI is InChI=1S/C16H17BrN2O2S.2ClH/c17-12-9-14-13(20-10-21-14)8-11(12)16(15-2-1-7-22-15)19-5-3-18-4-6-19;;/h1-2,7-9,16,18H,3-6,10H2;2*1H/t16-;;/m1../s1. The van der Waals surface area contributed by atoms with Gasteiger partial charge in [-0.25, -0.2) is 0 Å². The molecule has 2 aromatic rings. The third kappa shape index (κ3) is 3.84. The molecule has 0 spiro atoms. The van der Waals surface area contributed by atoms with Crippen LogP contribution in [-0.2, 0) is 0 Å². The Labute approximate surface area is 166 Å². The Morgan fingerprint density at radius 3 is 2.50 bits per heavy atom. The van der Waals surface area contributed by atoms with Gasteiger partial charge in [0.2, 0.25) is 6.79 Å². The van der Waals surface area contributed by atoms with Gasteiger partial charge in [0, 0.05) is 35.5 Å². The summed E-state index contributed by atoms with van der Waals surface area (Å²) in [5.41, 5.74) is 1.24. The van der Waals surface area contributed by atoms with E-state index in [0.717, 1.165) is 42.2 Å². The summed E-state index contributed by atoms with van der Waals surface area (Å²) in [4.78, 5) is 3.89. The third-order valence-corrected chi connectivity index (χ3v) is 5.73. The third-order valence-electron chi connectivity index (χ3n) is 4.12. The Balaban J connectivity index is 0.00000104. The second-order valence-electron chi connectivity index (χ2n) is 5.43. The van der Waals surface area contributed by atoms with Crippen molar-refractivity contribution in [3.8, 4) is 11.5 Å². The van der Waals surface area contributed by atoms with Crippen LogP contribution in [0.2, 0.25) is 0 Å².